The fraction of sp³-hybridized carbons (Fsp3) is 0.412. The maximum atomic E-state index is 12.2. The molecule has 1 aromatic carbocycles. The number of amides is 1. The molecule has 0 saturated heterocycles. The van der Waals surface area contributed by atoms with Crippen molar-refractivity contribution >= 4 is 11.9 Å². The predicted octanol–water partition coefficient (Wildman–Crippen LogP) is 2.63. The normalized spacial score (nSPS) is 13.0. The highest BCUT2D eigenvalue weighted by Gasteiger charge is 2.26. The molecule has 0 fully saturated rings. The first-order valence-electron chi connectivity index (χ1n) is 7.02. The fourth-order valence-corrected chi connectivity index (χ4v) is 1.79. The van der Waals surface area contributed by atoms with Crippen molar-refractivity contribution in [3.63, 3.8) is 0 Å². The van der Waals surface area contributed by atoms with Crippen LogP contribution in [-0.4, -0.2) is 23.5 Å². The molecule has 0 heterocycles. The summed E-state index contributed by atoms with van der Waals surface area (Å²) >= 11 is 0. The van der Waals surface area contributed by atoms with Crippen molar-refractivity contribution in [1.82, 2.24) is 5.32 Å². The number of esters is 1. The van der Waals surface area contributed by atoms with Crippen molar-refractivity contribution in [2.75, 3.05) is 0 Å². The first kappa shape index (κ1) is 17.0. The molecule has 0 aliphatic heterocycles. The summed E-state index contributed by atoms with van der Waals surface area (Å²) in [6.07, 6.45) is 3.42. The van der Waals surface area contributed by atoms with Gasteiger partial charge in [-0.1, -0.05) is 36.4 Å². The van der Waals surface area contributed by atoms with E-state index in [1.54, 1.807) is 33.8 Å². The molecule has 0 bridgehead atoms. The van der Waals surface area contributed by atoms with Crippen LogP contribution in [0.2, 0.25) is 0 Å². The number of benzene rings is 1. The van der Waals surface area contributed by atoms with Crippen LogP contribution in [0.3, 0.4) is 0 Å². The van der Waals surface area contributed by atoms with Gasteiger partial charge in [0.1, 0.15) is 11.6 Å². The Balaban J connectivity index is 2.83. The van der Waals surface area contributed by atoms with Crippen LogP contribution in [0, 0.1) is 0 Å². The van der Waals surface area contributed by atoms with Gasteiger partial charge in [0.05, 0.1) is 0 Å². The number of ether oxygens (including phenoxy) is 1. The molecule has 1 unspecified atom stereocenters. The number of carbonyl (C=O) groups excluding carboxylic acids is 2. The summed E-state index contributed by atoms with van der Waals surface area (Å²) in [6.45, 7) is 7.16. The molecule has 1 N–H and O–H groups in total. The number of nitrogens with one attached hydrogen (secondary N) is 1. The molecule has 0 saturated carbocycles. The predicted molar refractivity (Wildman–Crippen MR) is 82.7 cm³/mol. The van der Waals surface area contributed by atoms with E-state index in [-0.39, 0.29) is 5.91 Å². The highest BCUT2D eigenvalue weighted by molar-refractivity contribution is 5.91. The lowest BCUT2D eigenvalue weighted by atomic mass is 10.1. The SMILES string of the molecule is C/C=C/C(=O)NC(Cc1ccccc1)C(=O)OC(C)(C)C. The van der Waals surface area contributed by atoms with Crippen molar-refractivity contribution < 1.29 is 14.3 Å². The third-order valence-corrected chi connectivity index (χ3v) is 2.61. The van der Waals surface area contributed by atoms with Gasteiger partial charge >= 0.3 is 5.97 Å². The number of allylic oxidation sites excluding steroid dienone is 1. The van der Waals surface area contributed by atoms with Gasteiger partial charge in [0, 0.05) is 6.42 Å². The second-order valence-corrected chi connectivity index (χ2v) is 5.78. The minimum absolute atomic E-state index is 0.302. The number of hydrogen-bond donors (Lipinski definition) is 1. The van der Waals surface area contributed by atoms with Crippen molar-refractivity contribution in [3.8, 4) is 0 Å². The molecule has 21 heavy (non-hydrogen) atoms. The van der Waals surface area contributed by atoms with Crippen molar-refractivity contribution in [2.24, 2.45) is 0 Å². The van der Waals surface area contributed by atoms with E-state index in [4.69, 9.17) is 4.74 Å². The van der Waals surface area contributed by atoms with E-state index in [1.165, 1.54) is 6.08 Å². The summed E-state index contributed by atoms with van der Waals surface area (Å²) in [6, 6.07) is 8.84. The lowest BCUT2D eigenvalue weighted by Crippen LogP contribution is -2.45. The Kier molecular flexibility index (Phi) is 6.15. The zero-order valence-corrected chi connectivity index (χ0v) is 13.1. The molecule has 1 atom stereocenters. The van der Waals surface area contributed by atoms with Gasteiger partial charge in [-0.25, -0.2) is 4.79 Å². The number of carbonyl (C=O) groups is 2. The molecule has 0 aliphatic rings. The van der Waals surface area contributed by atoms with Crippen molar-refractivity contribution in [1.29, 1.82) is 0 Å². The average Bonchev–Trinajstić information content (AvgIpc) is 2.37. The van der Waals surface area contributed by atoms with Gasteiger partial charge in [0.2, 0.25) is 5.91 Å². The standard InChI is InChI=1S/C17H23NO3/c1-5-9-15(19)18-14(16(20)21-17(2,3)4)12-13-10-7-6-8-11-13/h5-11,14H,12H2,1-4H3,(H,18,19)/b9-5+. The molecule has 114 valence electrons. The topological polar surface area (TPSA) is 55.4 Å². The van der Waals surface area contributed by atoms with E-state index < -0.39 is 17.6 Å². The van der Waals surface area contributed by atoms with Crippen LogP contribution in [-0.2, 0) is 20.7 Å². The molecule has 0 aromatic heterocycles. The first-order valence-corrected chi connectivity index (χ1v) is 7.02. The number of hydrogen-bond acceptors (Lipinski definition) is 3. The van der Waals surface area contributed by atoms with Crippen LogP contribution in [0.5, 0.6) is 0 Å². The Hall–Kier alpha value is -2.10. The molecule has 4 heteroatoms. The Bertz CT molecular complexity index is 501. The Morgan fingerprint density at radius 2 is 1.86 bits per heavy atom. The third-order valence-electron chi connectivity index (χ3n) is 2.61. The molecular formula is C17H23NO3. The quantitative estimate of drug-likeness (QED) is 0.669. The molecule has 1 amide bonds. The van der Waals surface area contributed by atoms with E-state index in [2.05, 4.69) is 5.32 Å². The summed E-state index contributed by atoms with van der Waals surface area (Å²) in [7, 11) is 0. The van der Waals surface area contributed by atoms with E-state index in [0.717, 1.165) is 5.56 Å². The van der Waals surface area contributed by atoms with Crippen molar-refractivity contribution in [3.05, 3.63) is 48.0 Å². The minimum Gasteiger partial charge on any atom is -0.458 e. The van der Waals surface area contributed by atoms with Gasteiger partial charge < -0.3 is 10.1 Å². The molecule has 0 aliphatic carbocycles. The maximum Gasteiger partial charge on any atom is 0.329 e. The van der Waals surface area contributed by atoms with Crippen LogP contribution >= 0.6 is 0 Å². The maximum absolute atomic E-state index is 12.2. The lowest BCUT2D eigenvalue weighted by Gasteiger charge is -2.24. The highest BCUT2D eigenvalue weighted by atomic mass is 16.6. The van der Waals surface area contributed by atoms with Crippen LogP contribution in [0.25, 0.3) is 0 Å². The van der Waals surface area contributed by atoms with Gasteiger partial charge in [-0.2, -0.15) is 0 Å². The first-order chi connectivity index (χ1) is 9.81. The lowest BCUT2D eigenvalue weighted by molar-refractivity contribution is -0.158. The monoisotopic (exact) mass is 289 g/mol. The second-order valence-electron chi connectivity index (χ2n) is 5.78. The second kappa shape index (κ2) is 7.62. The van der Waals surface area contributed by atoms with E-state index in [1.807, 2.05) is 30.3 Å². The van der Waals surface area contributed by atoms with Crippen molar-refractivity contribution in [2.45, 2.75) is 45.8 Å². The van der Waals surface area contributed by atoms with Gasteiger partial charge in [-0.3, -0.25) is 4.79 Å². The molecule has 0 spiro atoms. The molecular weight excluding hydrogens is 266 g/mol. The van der Waals surface area contributed by atoms with Gasteiger partial charge in [-0.15, -0.1) is 0 Å². The average molecular weight is 289 g/mol. The fourth-order valence-electron chi connectivity index (χ4n) is 1.79. The van der Waals surface area contributed by atoms with Crippen LogP contribution in [0.4, 0.5) is 0 Å². The zero-order chi connectivity index (χ0) is 15.9. The van der Waals surface area contributed by atoms with Crippen LogP contribution in [0.15, 0.2) is 42.5 Å². The smallest absolute Gasteiger partial charge is 0.329 e. The minimum atomic E-state index is -0.699. The third kappa shape index (κ3) is 6.75. The molecule has 1 rings (SSSR count). The summed E-state index contributed by atoms with van der Waals surface area (Å²) < 4.78 is 5.37. The zero-order valence-electron chi connectivity index (χ0n) is 13.1. The highest BCUT2D eigenvalue weighted by Crippen LogP contribution is 2.11. The molecule has 4 nitrogen and oxygen atoms in total. The van der Waals surface area contributed by atoms with Crippen LogP contribution < -0.4 is 5.32 Å². The van der Waals surface area contributed by atoms with Gasteiger partial charge in [-0.05, 0) is 39.3 Å². The Morgan fingerprint density at radius 3 is 2.38 bits per heavy atom. The van der Waals surface area contributed by atoms with Crippen LogP contribution in [0.1, 0.15) is 33.3 Å². The molecule has 1 aromatic rings. The van der Waals surface area contributed by atoms with E-state index in [0.29, 0.717) is 6.42 Å². The largest absolute Gasteiger partial charge is 0.458 e. The summed E-state index contributed by atoms with van der Waals surface area (Å²) in [4.78, 5) is 23.9. The van der Waals surface area contributed by atoms with E-state index in [9.17, 15) is 9.59 Å². The molecule has 0 radical (unpaired) electrons. The van der Waals surface area contributed by atoms with Gasteiger partial charge in [0.25, 0.3) is 0 Å². The Labute approximate surface area is 126 Å². The number of rotatable bonds is 5. The summed E-state index contributed by atoms with van der Waals surface area (Å²) in [5, 5.41) is 2.69. The summed E-state index contributed by atoms with van der Waals surface area (Å²) in [5.41, 5.74) is 0.381. The Morgan fingerprint density at radius 1 is 1.24 bits per heavy atom. The van der Waals surface area contributed by atoms with E-state index >= 15 is 0 Å². The summed E-state index contributed by atoms with van der Waals surface area (Å²) in [5.74, 6) is -0.728. The van der Waals surface area contributed by atoms with Gasteiger partial charge in [0.15, 0.2) is 0 Å².